The molecule has 0 fully saturated rings. The van der Waals surface area contributed by atoms with Gasteiger partial charge in [-0.1, -0.05) is 0 Å². The van der Waals surface area contributed by atoms with Gasteiger partial charge in [-0.25, -0.2) is 4.98 Å². The summed E-state index contributed by atoms with van der Waals surface area (Å²) in [6.07, 6.45) is 0.412. The number of nitrogens with zero attached hydrogens (tertiary/aromatic N) is 2. The molecule has 2 nitrogen and oxygen atoms in total. The molecule has 0 atom stereocenters. The third kappa shape index (κ3) is 1.69. The number of aromatic nitrogens is 1. The van der Waals surface area contributed by atoms with Crippen LogP contribution in [0.5, 0.6) is 0 Å². The molecule has 0 radical (unpaired) electrons. The highest BCUT2D eigenvalue weighted by Gasteiger charge is 2.07. The number of hydrogen-bond donors (Lipinski definition) is 0. The third-order valence-corrected chi connectivity index (χ3v) is 3.76. The summed E-state index contributed by atoms with van der Waals surface area (Å²) in [6, 6.07) is 4.20. The summed E-state index contributed by atoms with van der Waals surface area (Å²) in [5.41, 5.74) is 2.26. The summed E-state index contributed by atoms with van der Waals surface area (Å²) in [4.78, 5) is 5.62. The average molecular weight is 220 g/mol. The molecule has 2 aromatic rings. The second-order valence-electron chi connectivity index (χ2n) is 2.89. The largest absolute Gasteiger partial charge is 0.239 e. The van der Waals surface area contributed by atoms with E-state index in [9.17, 15) is 0 Å². The van der Waals surface area contributed by atoms with Crippen molar-refractivity contribution in [3.05, 3.63) is 27.4 Å². The first kappa shape index (κ1) is 9.38. The fraction of sp³-hybridized carbons (Fsp3) is 0.200. The molecule has 0 amide bonds. The Morgan fingerprint density at radius 1 is 1.50 bits per heavy atom. The second-order valence-corrected chi connectivity index (χ2v) is 4.75. The van der Waals surface area contributed by atoms with Gasteiger partial charge in [0.15, 0.2) is 0 Å². The highest BCUT2D eigenvalue weighted by Crippen LogP contribution is 2.29. The van der Waals surface area contributed by atoms with E-state index in [0.29, 0.717) is 6.42 Å². The van der Waals surface area contributed by atoms with Gasteiger partial charge in [-0.2, -0.15) is 5.26 Å². The Balaban J connectivity index is 2.35. The van der Waals surface area contributed by atoms with Crippen molar-refractivity contribution in [2.45, 2.75) is 13.3 Å². The van der Waals surface area contributed by atoms with Crippen molar-refractivity contribution < 1.29 is 0 Å². The molecule has 0 bridgehead atoms. The van der Waals surface area contributed by atoms with E-state index in [1.165, 1.54) is 10.4 Å². The molecule has 0 aliphatic carbocycles. The first-order chi connectivity index (χ1) is 6.81. The van der Waals surface area contributed by atoms with Gasteiger partial charge in [-0.15, -0.1) is 22.7 Å². The van der Waals surface area contributed by atoms with Crippen LogP contribution in [-0.2, 0) is 6.42 Å². The molecule has 0 aliphatic rings. The molecule has 0 N–H and O–H groups in total. The number of thiophene rings is 1. The lowest BCUT2D eigenvalue weighted by Crippen LogP contribution is -1.80. The number of thiazole rings is 1. The smallest absolute Gasteiger partial charge is 0.107 e. The van der Waals surface area contributed by atoms with Crippen LogP contribution in [0.25, 0.3) is 10.6 Å². The van der Waals surface area contributed by atoms with E-state index in [1.54, 1.807) is 22.7 Å². The van der Waals surface area contributed by atoms with Crippen LogP contribution in [0.4, 0.5) is 0 Å². The fourth-order valence-corrected chi connectivity index (χ4v) is 2.88. The van der Waals surface area contributed by atoms with Crippen LogP contribution < -0.4 is 0 Å². The lowest BCUT2D eigenvalue weighted by molar-refractivity contribution is 1.19. The van der Waals surface area contributed by atoms with Crippen molar-refractivity contribution in [1.82, 2.24) is 4.98 Å². The van der Waals surface area contributed by atoms with E-state index in [2.05, 4.69) is 29.4 Å². The number of rotatable bonds is 2. The van der Waals surface area contributed by atoms with Gasteiger partial charge in [-0.3, -0.25) is 0 Å². The molecule has 0 saturated carbocycles. The van der Waals surface area contributed by atoms with Crippen molar-refractivity contribution in [2.75, 3.05) is 0 Å². The van der Waals surface area contributed by atoms with E-state index in [4.69, 9.17) is 5.26 Å². The zero-order valence-corrected chi connectivity index (χ0v) is 9.28. The van der Waals surface area contributed by atoms with Crippen molar-refractivity contribution in [3.8, 4) is 16.6 Å². The summed E-state index contributed by atoms with van der Waals surface area (Å²) in [5, 5.41) is 13.5. The van der Waals surface area contributed by atoms with Gasteiger partial charge < -0.3 is 0 Å². The lowest BCUT2D eigenvalue weighted by atomic mass is 10.2. The van der Waals surface area contributed by atoms with Crippen molar-refractivity contribution in [2.24, 2.45) is 0 Å². The van der Waals surface area contributed by atoms with E-state index < -0.39 is 0 Å². The molecule has 0 saturated heterocycles. The van der Waals surface area contributed by atoms with Crippen molar-refractivity contribution in [1.29, 1.82) is 5.26 Å². The maximum absolute atomic E-state index is 8.53. The van der Waals surface area contributed by atoms with Crippen molar-refractivity contribution in [3.63, 3.8) is 0 Å². The van der Waals surface area contributed by atoms with Crippen LogP contribution >= 0.6 is 22.7 Å². The zero-order valence-electron chi connectivity index (χ0n) is 7.65. The van der Waals surface area contributed by atoms with Crippen LogP contribution in [0.1, 0.15) is 10.6 Å². The van der Waals surface area contributed by atoms with Gasteiger partial charge in [0, 0.05) is 5.38 Å². The molecule has 0 spiro atoms. The molecular formula is C10H8N2S2. The van der Waals surface area contributed by atoms with E-state index in [1.807, 2.05) is 5.38 Å². The topological polar surface area (TPSA) is 36.7 Å². The van der Waals surface area contributed by atoms with Crippen molar-refractivity contribution >= 4 is 22.7 Å². The molecule has 4 heteroatoms. The minimum Gasteiger partial charge on any atom is -0.239 e. The molecule has 2 rings (SSSR count). The average Bonchev–Trinajstić information content (AvgIpc) is 2.74. The fourth-order valence-electron chi connectivity index (χ4n) is 1.20. The van der Waals surface area contributed by atoms with Crippen LogP contribution in [-0.4, -0.2) is 4.98 Å². The predicted octanol–water partition coefficient (Wildman–Crippen LogP) is 3.25. The van der Waals surface area contributed by atoms with Gasteiger partial charge in [-0.05, 0) is 23.9 Å². The first-order valence-corrected chi connectivity index (χ1v) is 5.93. The molecule has 0 aromatic carbocycles. The van der Waals surface area contributed by atoms with E-state index in [-0.39, 0.29) is 0 Å². The third-order valence-electron chi connectivity index (χ3n) is 1.88. The highest BCUT2D eigenvalue weighted by molar-refractivity contribution is 7.14. The number of aryl methyl sites for hydroxylation is 1. The quantitative estimate of drug-likeness (QED) is 0.779. The predicted molar refractivity (Wildman–Crippen MR) is 59.5 cm³/mol. The monoisotopic (exact) mass is 220 g/mol. The summed E-state index contributed by atoms with van der Waals surface area (Å²) in [6.45, 7) is 2.08. The van der Waals surface area contributed by atoms with Gasteiger partial charge >= 0.3 is 0 Å². The first-order valence-electron chi connectivity index (χ1n) is 4.17. The Morgan fingerprint density at radius 3 is 3.00 bits per heavy atom. The van der Waals surface area contributed by atoms with Gasteiger partial charge in [0.05, 0.1) is 23.1 Å². The minimum atomic E-state index is 0.412. The van der Waals surface area contributed by atoms with Crippen LogP contribution in [0.2, 0.25) is 0 Å². The standard InChI is InChI=1S/C10H8N2S2/c1-7-3-5-13-10(7)8-6-14-9(12-8)2-4-11/h3,5-6H,2H2,1H3. The maximum Gasteiger partial charge on any atom is 0.107 e. The summed E-state index contributed by atoms with van der Waals surface area (Å²) >= 11 is 3.25. The van der Waals surface area contributed by atoms with E-state index >= 15 is 0 Å². The molecule has 0 unspecified atom stereocenters. The SMILES string of the molecule is Cc1ccsc1-c1csc(CC#N)n1. The van der Waals surface area contributed by atoms with Gasteiger partial charge in [0.25, 0.3) is 0 Å². The second kappa shape index (κ2) is 3.91. The molecule has 0 aliphatic heterocycles. The number of hydrogen-bond acceptors (Lipinski definition) is 4. The van der Waals surface area contributed by atoms with Gasteiger partial charge in [0.1, 0.15) is 5.01 Å². The maximum atomic E-state index is 8.53. The van der Waals surface area contributed by atoms with Crippen LogP contribution in [0.3, 0.4) is 0 Å². The molecule has 70 valence electrons. The minimum absolute atomic E-state index is 0.412. The Morgan fingerprint density at radius 2 is 2.36 bits per heavy atom. The highest BCUT2D eigenvalue weighted by atomic mass is 32.1. The zero-order chi connectivity index (χ0) is 9.97. The molecule has 2 aromatic heterocycles. The normalized spacial score (nSPS) is 10.0. The molecule has 14 heavy (non-hydrogen) atoms. The van der Waals surface area contributed by atoms with E-state index in [0.717, 1.165) is 10.7 Å². The Labute approximate surface area is 90.5 Å². The Bertz CT molecular complexity index is 476. The summed E-state index contributed by atoms with van der Waals surface area (Å²) < 4.78 is 0. The Kier molecular flexibility index (Phi) is 2.62. The lowest BCUT2D eigenvalue weighted by Gasteiger charge is -1.91. The van der Waals surface area contributed by atoms with Crippen LogP contribution in [0.15, 0.2) is 16.8 Å². The molecule has 2 heterocycles. The Hall–Kier alpha value is -1.18. The summed E-state index contributed by atoms with van der Waals surface area (Å²) in [5.74, 6) is 0. The molecular weight excluding hydrogens is 212 g/mol. The summed E-state index contributed by atoms with van der Waals surface area (Å²) in [7, 11) is 0. The number of nitriles is 1. The van der Waals surface area contributed by atoms with Crippen LogP contribution in [0, 0.1) is 18.3 Å². The van der Waals surface area contributed by atoms with Gasteiger partial charge in [0.2, 0.25) is 0 Å².